The average molecular weight is 977 g/mol. The highest BCUT2D eigenvalue weighted by Crippen LogP contribution is 2.31. The summed E-state index contributed by atoms with van der Waals surface area (Å²) in [6, 6.07) is 18.5. The van der Waals surface area contributed by atoms with Gasteiger partial charge in [0, 0.05) is 59.8 Å². The number of anilines is 2. The molecule has 8 rings (SSSR count). The van der Waals surface area contributed by atoms with Crippen molar-refractivity contribution in [1.82, 2.24) is 30.6 Å². The second-order valence-corrected chi connectivity index (χ2v) is 16.4. The van der Waals surface area contributed by atoms with Crippen LogP contribution in [0.15, 0.2) is 93.8 Å². The maximum absolute atomic E-state index is 15.0. The highest BCUT2D eigenvalue weighted by Gasteiger charge is 2.40. The Morgan fingerprint density at radius 2 is 1.12 bits per heavy atom. The average Bonchev–Trinajstić information content (AvgIpc) is 3.93. The molecule has 0 spiro atoms. The van der Waals surface area contributed by atoms with Crippen LogP contribution in [0, 0.1) is 35.1 Å². The van der Waals surface area contributed by atoms with Gasteiger partial charge in [-0.15, -0.1) is 32.8 Å². The molecule has 0 saturated carbocycles. The van der Waals surface area contributed by atoms with E-state index in [-0.39, 0.29) is 90.1 Å². The number of carbonyl (C=O) groups is 3. The Morgan fingerprint density at radius 3 is 1.47 bits per heavy atom. The van der Waals surface area contributed by atoms with Crippen LogP contribution in [-0.4, -0.2) is 75.0 Å². The lowest BCUT2D eigenvalue weighted by Crippen LogP contribution is -2.57. The molecule has 4 aromatic carbocycles. The van der Waals surface area contributed by atoms with Gasteiger partial charge in [-0.05, 0) is 81.4 Å². The number of ether oxygens (including phenoxy) is 1. The van der Waals surface area contributed by atoms with E-state index in [9.17, 15) is 45.1 Å². The first-order chi connectivity index (χ1) is 31.8. The molecule has 14 nitrogen and oxygen atoms in total. The number of likely N-dealkylation sites (tertiary alicyclic amines) is 1. The Bertz CT molecular complexity index is 2740. The molecule has 0 unspecified atom stereocenters. The highest BCUT2D eigenvalue weighted by atomic mass is 35.5. The van der Waals surface area contributed by atoms with Crippen LogP contribution >= 0.6 is 12.4 Å². The molecule has 23 heteroatoms. The van der Waals surface area contributed by atoms with Crippen LogP contribution in [0.4, 0.5) is 51.3 Å². The van der Waals surface area contributed by atoms with Crippen molar-refractivity contribution in [2.75, 3.05) is 36.0 Å². The van der Waals surface area contributed by atoms with Crippen LogP contribution in [0.25, 0.3) is 22.9 Å². The maximum atomic E-state index is 15.0. The predicted molar refractivity (Wildman–Crippen MR) is 229 cm³/mol. The first-order valence-electron chi connectivity index (χ1n) is 20.5. The Hall–Kier alpha value is -6.94. The Balaban J connectivity index is 0.000000225. The third-order valence-electron chi connectivity index (χ3n) is 10.3. The Labute approximate surface area is 388 Å². The van der Waals surface area contributed by atoms with Gasteiger partial charge in [-0.2, -0.15) is 17.6 Å². The molecule has 3 amide bonds. The van der Waals surface area contributed by atoms with Crippen LogP contribution in [-0.2, 0) is 27.4 Å². The van der Waals surface area contributed by atoms with Crippen molar-refractivity contribution < 1.29 is 63.1 Å². The molecule has 2 aliphatic rings. The van der Waals surface area contributed by atoms with Crippen molar-refractivity contribution in [1.29, 1.82) is 0 Å². The number of carbonyl (C=O) groups excluding carboxylic acids is 3. The fourth-order valence-electron chi connectivity index (χ4n) is 6.73. The van der Waals surface area contributed by atoms with Gasteiger partial charge in [0.2, 0.25) is 23.6 Å². The molecule has 2 fully saturated rings. The normalized spacial score (nSPS) is 13.8. The zero-order valence-electron chi connectivity index (χ0n) is 36.1. The van der Waals surface area contributed by atoms with Crippen LogP contribution in [0.5, 0.6) is 0 Å². The van der Waals surface area contributed by atoms with E-state index in [1.165, 1.54) is 75.4 Å². The van der Waals surface area contributed by atoms with Crippen molar-refractivity contribution in [3.63, 3.8) is 0 Å². The molecule has 360 valence electrons. The molecule has 2 aromatic heterocycles. The standard InChI is InChI=1S/C25H24F4N4O4.C20H16F4N4O2.ClH/c1-25(2,3)37-24(35)32-11-16(12-32)23(34)33(18-6-4-5-17(26)10-18)13-15-8-7-14(9-19(15)27)21-30-31-22(36-21)20(28)29;21-14-2-1-3-15(7-14)28(20(29)13-8-25-9-13)10-12-5-4-11(6-16(12)22)18-26-27-19(30-18)17(23)24;/h4-10,16,20H,11-13H2,1-3H3;1-7,13,17,25H,8-10H2;1H. The number of benzene rings is 4. The molecular weight excluding hydrogens is 936 g/mol. The monoisotopic (exact) mass is 976 g/mol. The number of nitrogens with one attached hydrogen (secondary N) is 1. The first-order valence-corrected chi connectivity index (χ1v) is 20.5. The van der Waals surface area contributed by atoms with Crippen LogP contribution in [0.1, 0.15) is 56.5 Å². The summed E-state index contributed by atoms with van der Waals surface area (Å²) in [7, 11) is 0. The molecule has 68 heavy (non-hydrogen) atoms. The molecular formula is C45H41ClF8N8O6. The highest BCUT2D eigenvalue weighted by molar-refractivity contribution is 5.97. The van der Waals surface area contributed by atoms with Gasteiger partial charge in [0.15, 0.2) is 0 Å². The lowest BCUT2D eigenvalue weighted by molar-refractivity contribution is -0.127. The Kier molecular flexibility index (Phi) is 15.8. The van der Waals surface area contributed by atoms with Crippen molar-refractivity contribution >= 4 is 41.7 Å². The SMILES string of the molecule is CC(C)(C)OC(=O)N1CC(C(=O)N(Cc2ccc(-c3nnc(C(F)F)o3)cc2F)c2cccc(F)c2)C1.Cl.O=C(C1CNC1)N(Cc1ccc(-c2nnc(C(F)F)o2)cc1F)c1cccc(F)c1. The summed E-state index contributed by atoms with van der Waals surface area (Å²) >= 11 is 0. The van der Waals surface area contributed by atoms with Crippen molar-refractivity contribution in [3.8, 4) is 22.9 Å². The zero-order valence-corrected chi connectivity index (χ0v) is 37.0. The van der Waals surface area contributed by atoms with Crippen LogP contribution in [0.3, 0.4) is 0 Å². The number of halogens is 9. The van der Waals surface area contributed by atoms with Crippen molar-refractivity contribution in [2.24, 2.45) is 11.8 Å². The predicted octanol–water partition coefficient (Wildman–Crippen LogP) is 9.48. The largest absolute Gasteiger partial charge is 0.444 e. The number of hydrogen-bond acceptors (Lipinski definition) is 11. The second kappa shape index (κ2) is 21.3. The fraction of sp³-hybridized carbons (Fsp3) is 0.311. The molecule has 2 aliphatic heterocycles. The molecule has 1 N–H and O–H groups in total. The third kappa shape index (κ3) is 12.1. The van der Waals surface area contributed by atoms with Gasteiger partial charge in [0.05, 0.1) is 24.9 Å². The van der Waals surface area contributed by atoms with Gasteiger partial charge in [-0.25, -0.2) is 22.4 Å². The van der Waals surface area contributed by atoms with Gasteiger partial charge in [0.1, 0.15) is 28.9 Å². The van der Waals surface area contributed by atoms with E-state index >= 15 is 4.39 Å². The molecule has 4 heterocycles. The quantitative estimate of drug-likeness (QED) is 0.116. The summed E-state index contributed by atoms with van der Waals surface area (Å²) < 4.78 is 123. The zero-order chi connectivity index (χ0) is 48.2. The van der Waals surface area contributed by atoms with Gasteiger partial charge < -0.3 is 33.6 Å². The van der Waals surface area contributed by atoms with E-state index in [1.807, 2.05) is 0 Å². The summed E-state index contributed by atoms with van der Waals surface area (Å²) in [5, 5.41) is 16.4. The summed E-state index contributed by atoms with van der Waals surface area (Å²) in [6.07, 6.45) is -6.44. The summed E-state index contributed by atoms with van der Waals surface area (Å²) in [4.78, 5) is 42.4. The van der Waals surface area contributed by atoms with E-state index in [1.54, 1.807) is 26.8 Å². The first kappa shape index (κ1) is 50.5. The molecule has 0 atom stereocenters. The summed E-state index contributed by atoms with van der Waals surface area (Å²) in [5.41, 5.74) is 0.289. The fourth-order valence-corrected chi connectivity index (χ4v) is 6.73. The van der Waals surface area contributed by atoms with Crippen molar-refractivity contribution in [3.05, 3.63) is 131 Å². The maximum Gasteiger partial charge on any atom is 0.410 e. The van der Waals surface area contributed by atoms with E-state index in [2.05, 4.69) is 25.7 Å². The number of hydrogen-bond donors (Lipinski definition) is 1. The van der Waals surface area contributed by atoms with E-state index in [0.717, 1.165) is 18.2 Å². The molecule has 0 radical (unpaired) electrons. The number of rotatable bonds is 12. The molecule has 2 saturated heterocycles. The summed E-state index contributed by atoms with van der Waals surface area (Å²) in [6.45, 7) is 6.01. The number of amides is 3. The molecule has 0 aliphatic carbocycles. The van der Waals surface area contributed by atoms with Gasteiger partial charge in [0.25, 0.3) is 11.8 Å². The lowest BCUT2D eigenvalue weighted by atomic mass is 9.98. The minimum absolute atomic E-state index is 0. The molecule has 6 aromatic rings. The minimum atomic E-state index is -2.96. The van der Waals surface area contributed by atoms with E-state index < -0.39 is 71.4 Å². The molecule has 0 bridgehead atoms. The minimum Gasteiger partial charge on any atom is -0.444 e. The number of nitrogens with zero attached hydrogens (tertiary/aromatic N) is 7. The smallest absolute Gasteiger partial charge is 0.410 e. The van der Waals surface area contributed by atoms with Gasteiger partial charge in [-0.1, -0.05) is 24.3 Å². The lowest BCUT2D eigenvalue weighted by Gasteiger charge is -2.41. The number of alkyl halides is 4. The van der Waals surface area contributed by atoms with Crippen LogP contribution < -0.4 is 15.1 Å². The topological polar surface area (TPSA) is 160 Å². The van der Waals surface area contributed by atoms with Crippen molar-refractivity contribution in [2.45, 2.75) is 52.3 Å². The van der Waals surface area contributed by atoms with Gasteiger partial charge >= 0.3 is 18.9 Å². The van der Waals surface area contributed by atoms with E-state index in [0.29, 0.717) is 18.8 Å². The second-order valence-electron chi connectivity index (χ2n) is 16.4. The number of aromatic nitrogens is 4. The van der Waals surface area contributed by atoms with E-state index in [4.69, 9.17) is 13.6 Å². The van der Waals surface area contributed by atoms with Gasteiger partial charge in [-0.3, -0.25) is 9.59 Å². The summed E-state index contributed by atoms with van der Waals surface area (Å²) in [5.74, 6) is -6.35. The Morgan fingerprint density at radius 1 is 0.676 bits per heavy atom. The van der Waals surface area contributed by atoms with Crippen LogP contribution in [0.2, 0.25) is 0 Å². The third-order valence-corrected chi connectivity index (χ3v) is 10.3.